The molecule has 10 heteroatoms. The smallest absolute Gasteiger partial charge is 0.338 e. The SMILES string of the molecule is O=C(OC[C@H]1O[C@@H](n2ccc3c(c2=O)CCO3)[C@H](OC(=O)c2ccccc2)[C@H]1OC(=O)c1ccccc1)c1ccccc1. The van der Waals surface area contributed by atoms with Crippen molar-refractivity contribution in [3.8, 4) is 5.75 Å². The number of hydrogen-bond donors (Lipinski definition) is 0. The van der Waals surface area contributed by atoms with Gasteiger partial charge in [-0.1, -0.05) is 54.6 Å². The summed E-state index contributed by atoms with van der Waals surface area (Å²) < 4.78 is 30.5. The van der Waals surface area contributed by atoms with Crippen molar-refractivity contribution in [2.24, 2.45) is 0 Å². The number of nitrogens with zero attached hydrogens (tertiary/aromatic N) is 1. The molecule has 4 atom stereocenters. The highest BCUT2D eigenvalue weighted by Crippen LogP contribution is 2.35. The van der Waals surface area contributed by atoms with Crippen LogP contribution in [0.1, 0.15) is 42.9 Å². The van der Waals surface area contributed by atoms with Gasteiger partial charge < -0.3 is 23.7 Å². The van der Waals surface area contributed by atoms with E-state index in [0.29, 0.717) is 29.9 Å². The van der Waals surface area contributed by atoms with Gasteiger partial charge in [-0.15, -0.1) is 0 Å². The summed E-state index contributed by atoms with van der Waals surface area (Å²) in [5.41, 5.74) is 0.887. The number of aromatic nitrogens is 1. The van der Waals surface area contributed by atoms with Crippen LogP contribution in [0.3, 0.4) is 0 Å². The zero-order valence-corrected chi connectivity index (χ0v) is 22.9. The van der Waals surface area contributed by atoms with E-state index in [9.17, 15) is 19.2 Å². The zero-order valence-electron chi connectivity index (χ0n) is 22.9. The number of ether oxygens (including phenoxy) is 5. The Hall–Kier alpha value is -5.22. The Labute approximate surface area is 246 Å². The maximum atomic E-state index is 13.5. The first kappa shape index (κ1) is 27.9. The van der Waals surface area contributed by atoms with Gasteiger partial charge in [0.2, 0.25) is 0 Å². The van der Waals surface area contributed by atoms with Gasteiger partial charge in [0.1, 0.15) is 18.5 Å². The average Bonchev–Trinajstić information content (AvgIpc) is 3.67. The predicted molar refractivity (Wildman–Crippen MR) is 152 cm³/mol. The summed E-state index contributed by atoms with van der Waals surface area (Å²) in [6, 6.07) is 26.6. The molecule has 2 aliphatic heterocycles. The highest BCUT2D eigenvalue weighted by atomic mass is 16.7. The molecule has 3 heterocycles. The van der Waals surface area contributed by atoms with E-state index in [0.717, 1.165) is 0 Å². The van der Waals surface area contributed by atoms with Crippen molar-refractivity contribution in [3.63, 3.8) is 0 Å². The monoisotopic (exact) mass is 581 g/mol. The molecule has 43 heavy (non-hydrogen) atoms. The van der Waals surface area contributed by atoms with E-state index in [2.05, 4.69) is 0 Å². The number of carbonyl (C=O) groups excluding carboxylic acids is 3. The molecular formula is C33H27NO9. The van der Waals surface area contributed by atoms with Gasteiger partial charge in [-0.05, 0) is 42.5 Å². The van der Waals surface area contributed by atoms with E-state index in [4.69, 9.17) is 23.7 Å². The maximum absolute atomic E-state index is 13.5. The molecule has 0 radical (unpaired) electrons. The maximum Gasteiger partial charge on any atom is 0.338 e. The van der Waals surface area contributed by atoms with Crippen LogP contribution in [0.4, 0.5) is 0 Å². The van der Waals surface area contributed by atoms with Gasteiger partial charge >= 0.3 is 17.9 Å². The number of rotatable bonds is 8. The van der Waals surface area contributed by atoms with Crippen molar-refractivity contribution in [1.82, 2.24) is 4.57 Å². The molecule has 0 N–H and O–H groups in total. The Morgan fingerprint density at radius 2 is 1.26 bits per heavy atom. The molecule has 0 aliphatic carbocycles. The van der Waals surface area contributed by atoms with E-state index in [-0.39, 0.29) is 17.7 Å². The Morgan fingerprint density at radius 3 is 1.84 bits per heavy atom. The summed E-state index contributed by atoms with van der Waals surface area (Å²) >= 11 is 0. The van der Waals surface area contributed by atoms with Gasteiger partial charge in [0.05, 0.1) is 28.9 Å². The number of esters is 3. The van der Waals surface area contributed by atoms with Gasteiger partial charge in [0.25, 0.3) is 5.56 Å². The third-order valence-corrected chi connectivity index (χ3v) is 7.24. The fourth-order valence-corrected chi connectivity index (χ4v) is 5.09. The summed E-state index contributed by atoms with van der Waals surface area (Å²) in [5, 5.41) is 0. The van der Waals surface area contributed by atoms with Gasteiger partial charge in [-0.2, -0.15) is 0 Å². The largest absolute Gasteiger partial charge is 0.493 e. The van der Waals surface area contributed by atoms with Crippen molar-refractivity contribution >= 4 is 17.9 Å². The summed E-state index contributed by atoms with van der Waals surface area (Å²) in [6.07, 6.45) is -2.94. The first-order chi connectivity index (χ1) is 21.0. The number of pyridine rings is 1. The number of carbonyl (C=O) groups is 3. The lowest BCUT2D eigenvalue weighted by Gasteiger charge is -2.25. The van der Waals surface area contributed by atoms with E-state index in [1.54, 1.807) is 97.1 Å². The van der Waals surface area contributed by atoms with E-state index >= 15 is 0 Å². The van der Waals surface area contributed by atoms with Crippen molar-refractivity contribution in [2.75, 3.05) is 13.2 Å². The van der Waals surface area contributed by atoms with Crippen LogP contribution in [0, 0.1) is 0 Å². The quantitative estimate of drug-likeness (QED) is 0.225. The molecule has 0 saturated carbocycles. The van der Waals surface area contributed by atoms with Crippen LogP contribution >= 0.6 is 0 Å². The third-order valence-electron chi connectivity index (χ3n) is 7.24. The molecule has 1 fully saturated rings. The summed E-state index contributed by atoms with van der Waals surface area (Å²) in [4.78, 5) is 52.9. The predicted octanol–water partition coefficient (Wildman–Crippen LogP) is 3.99. The summed E-state index contributed by atoms with van der Waals surface area (Å²) in [5.74, 6) is -1.56. The molecule has 2 aliphatic rings. The minimum atomic E-state index is -1.28. The average molecular weight is 582 g/mol. The number of benzene rings is 3. The molecular weight excluding hydrogens is 554 g/mol. The molecule has 4 aromatic rings. The summed E-state index contributed by atoms with van der Waals surface area (Å²) in [6.45, 7) is 0.0149. The van der Waals surface area contributed by atoms with Crippen molar-refractivity contribution in [3.05, 3.63) is 136 Å². The second kappa shape index (κ2) is 12.3. The highest BCUT2D eigenvalue weighted by molar-refractivity contribution is 5.91. The molecule has 10 nitrogen and oxygen atoms in total. The molecule has 218 valence electrons. The standard InChI is InChI=1S/C33H27NO9/c35-29-24-17-19-39-25(24)16-18-34(29)30-28(43-33(38)23-14-8-3-9-15-23)27(42-32(37)22-12-6-2-7-13-22)26(41-30)20-40-31(36)21-10-4-1-5-11-21/h1-16,18,26-28,30H,17,19-20H2/t26-,27+,28-,30-/m1/s1. The van der Waals surface area contributed by atoms with Crippen molar-refractivity contribution in [2.45, 2.75) is 31.0 Å². The second-order valence-electron chi connectivity index (χ2n) is 9.97. The Kier molecular flexibility index (Phi) is 8.01. The van der Waals surface area contributed by atoms with Crippen molar-refractivity contribution in [1.29, 1.82) is 0 Å². The second-order valence-corrected chi connectivity index (χ2v) is 9.97. The fraction of sp³-hybridized carbons (Fsp3) is 0.212. The molecule has 1 aromatic heterocycles. The number of fused-ring (bicyclic) bond motifs is 1. The number of hydrogen-bond acceptors (Lipinski definition) is 9. The molecule has 0 amide bonds. The van der Waals surface area contributed by atoms with Crippen LogP contribution in [-0.4, -0.2) is 54.0 Å². The first-order valence-electron chi connectivity index (χ1n) is 13.8. The molecule has 0 spiro atoms. The van der Waals surface area contributed by atoms with Crippen LogP contribution < -0.4 is 10.3 Å². The van der Waals surface area contributed by atoms with Crippen LogP contribution in [-0.2, 0) is 25.4 Å². The Bertz CT molecular complexity index is 1670. The van der Waals surface area contributed by atoms with Gasteiger partial charge in [-0.25, -0.2) is 14.4 Å². The lowest BCUT2D eigenvalue weighted by atomic mass is 10.1. The highest BCUT2D eigenvalue weighted by Gasteiger charge is 2.51. The first-order valence-corrected chi connectivity index (χ1v) is 13.8. The Balaban J connectivity index is 1.36. The molecule has 1 saturated heterocycles. The van der Waals surface area contributed by atoms with Crippen LogP contribution in [0.25, 0.3) is 0 Å². The molecule has 6 rings (SSSR count). The van der Waals surface area contributed by atoms with Crippen LogP contribution in [0.5, 0.6) is 5.75 Å². The molecule has 3 aromatic carbocycles. The van der Waals surface area contributed by atoms with Gasteiger partial charge in [-0.3, -0.25) is 9.36 Å². The van der Waals surface area contributed by atoms with Crippen LogP contribution in [0.15, 0.2) is 108 Å². The van der Waals surface area contributed by atoms with E-state index in [1.165, 1.54) is 10.8 Å². The topological polar surface area (TPSA) is 119 Å². The normalized spacial score (nSPS) is 20.5. The minimum absolute atomic E-state index is 0.253. The lowest BCUT2D eigenvalue weighted by Crippen LogP contribution is -2.42. The zero-order chi connectivity index (χ0) is 29.8. The Morgan fingerprint density at radius 1 is 0.721 bits per heavy atom. The molecule has 0 unspecified atom stereocenters. The van der Waals surface area contributed by atoms with Crippen molar-refractivity contribution < 1.29 is 38.1 Å². The minimum Gasteiger partial charge on any atom is -0.493 e. The van der Waals surface area contributed by atoms with E-state index < -0.39 is 48.0 Å². The third kappa shape index (κ3) is 5.91. The van der Waals surface area contributed by atoms with Gasteiger partial charge in [0.15, 0.2) is 18.4 Å². The fourth-order valence-electron chi connectivity index (χ4n) is 5.09. The van der Waals surface area contributed by atoms with Crippen LogP contribution in [0.2, 0.25) is 0 Å². The van der Waals surface area contributed by atoms with Gasteiger partial charge in [0, 0.05) is 12.6 Å². The van der Waals surface area contributed by atoms with E-state index in [1.807, 2.05) is 0 Å². The summed E-state index contributed by atoms with van der Waals surface area (Å²) in [7, 11) is 0. The molecule has 0 bridgehead atoms. The lowest BCUT2D eigenvalue weighted by molar-refractivity contribution is -0.0635.